The summed E-state index contributed by atoms with van der Waals surface area (Å²) in [5.74, 6) is 0.190. The molecule has 10 heteroatoms. The summed E-state index contributed by atoms with van der Waals surface area (Å²) in [6, 6.07) is 17.0. The van der Waals surface area contributed by atoms with Crippen molar-refractivity contribution in [2.24, 2.45) is 0 Å². The lowest BCUT2D eigenvalue weighted by Crippen LogP contribution is -2.40. The summed E-state index contributed by atoms with van der Waals surface area (Å²) in [6.07, 6.45) is 1.71. The molecule has 0 aliphatic carbocycles. The largest absolute Gasteiger partial charge is 0.495 e. The standard InChI is InChI=1S/C25H26N2O7S/c1-31-23-10-7-20(16-24(23)35(29,30)27-12-14-32-15-13-27)25(28)34-17-19-5-8-22(9-6-19)33-18-21-4-2-3-11-26-21/h2-11,16H,12-15,17-18H2,1H3. The molecular weight excluding hydrogens is 472 g/mol. The molecule has 0 amide bonds. The van der Waals surface area contributed by atoms with E-state index in [9.17, 15) is 13.2 Å². The van der Waals surface area contributed by atoms with Gasteiger partial charge in [0.25, 0.3) is 0 Å². The number of ether oxygens (including phenoxy) is 4. The number of aromatic nitrogens is 1. The Morgan fingerprint density at radius 1 is 1.03 bits per heavy atom. The highest BCUT2D eigenvalue weighted by Crippen LogP contribution is 2.29. The molecule has 0 radical (unpaired) electrons. The van der Waals surface area contributed by atoms with Gasteiger partial charge in [0, 0.05) is 19.3 Å². The average molecular weight is 499 g/mol. The Hall–Kier alpha value is -3.47. The number of sulfonamides is 1. The number of carbonyl (C=O) groups is 1. The molecular formula is C25H26N2O7S. The number of rotatable bonds is 9. The van der Waals surface area contributed by atoms with E-state index in [1.54, 1.807) is 30.5 Å². The van der Waals surface area contributed by atoms with Gasteiger partial charge in [-0.05, 0) is 48.0 Å². The molecule has 2 heterocycles. The van der Waals surface area contributed by atoms with Crippen LogP contribution in [-0.2, 0) is 32.7 Å². The highest BCUT2D eigenvalue weighted by Gasteiger charge is 2.30. The molecule has 1 fully saturated rings. The van der Waals surface area contributed by atoms with Gasteiger partial charge in [-0.25, -0.2) is 13.2 Å². The summed E-state index contributed by atoms with van der Waals surface area (Å²) in [7, 11) is -2.47. The van der Waals surface area contributed by atoms with Gasteiger partial charge in [-0.15, -0.1) is 0 Å². The third-order valence-corrected chi connectivity index (χ3v) is 7.31. The molecule has 1 saturated heterocycles. The lowest BCUT2D eigenvalue weighted by Gasteiger charge is -2.26. The van der Waals surface area contributed by atoms with Crippen LogP contribution >= 0.6 is 0 Å². The van der Waals surface area contributed by atoms with Gasteiger partial charge in [-0.1, -0.05) is 18.2 Å². The second kappa shape index (κ2) is 11.3. The van der Waals surface area contributed by atoms with Gasteiger partial charge in [0.15, 0.2) is 0 Å². The topological polar surface area (TPSA) is 104 Å². The van der Waals surface area contributed by atoms with E-state index in [1.165, 1.54) is 29.6 Å². The van der Waals surface area contributed by atoms with Crippen molar-refractivity contribution in [3.8, 4) is 11.5 Å². The summed E-state index contributed by atoms with van der Waals surface area (Å²) >= 11 is 0. The van der Waals surface area contributed by atoms with Crippen LogP contribution in [0.3, 0.4) is 0 Å². The van der Waals surface area contributed by atoms with Crippen LogP contribution in [0.4, 0.5) is 0 Å². The fourth-order valence-corrected chi connectivity index (χ4v) is 5.08. The minimum atomic E-state index is -3.86. The van der Waals surface area contributed by atoms with E-state index in [-0.39, 0.29) is 35.9 Å². The maximum atomic E-state index is 13.1. The first kappa shape index (κ1) is 24.6. The molecule has 184 valence electrons. The summed E-state index contributed by atoms with van der Waals surface area (Å²) in [5, 5.41) is 0. The highest BCUT2D eigenvalue weighted by atomic mass is 32.2. The van der Waals surface area contributed by atoms with Crippen molar-refractivity contribution in [1.82, 2.24) is 9.29 Å². The number of methoxy groups -OCH3 is 1. The van der Waals surface area contributed by atoms with Gasteiger partial charge in [0.05, 0.1) is 31.6 Å². The molecule has 0 atom stereocenters. The molecule has 0 N–H and O–H groups in total. The number of nitrogens with zero attached hydrogens (tertiary/aromatic N) is 2. The second-order valence-corrected chi connectivity index (χ2v) is 9.62. The minimum Gasteiger partial charge on any atom is -0.495 e. The van der Waals surface area contributed by atoms with Crippen LogP contribution in [-0.4, -0.2) is 57.1 Å². The van der Waals surface area contributed by atoms with Crippen molar-refractivity contribution in [3.05, 3.63) is 83.7 Å². The van der Waals surface area contributed by atoms with Crippen LogP contribution in [0.1, 0.15) is 21.6 Å². The van der Waals surface area contributed by atoms with Crippen LogP contribution in [0.2, 0.25) is 0 Å². The van der Waals surface area contributed by atoms with Crippen LogP contribution < -0.4 is 9.47 Å². The second-order valence-electron chi connectivity index (χ2n) is 7.71. The minimum absolute atomic E-state index is 0.0247. The van der Waals surface area contributed by atoms with Crippen LogP contribution in [0.25, 0.3) is 0 Å². The molecule has 0 unspecified atom stereocenters. The van der Waals surface area contributed by atoms with Gasteiger partial charge < -0.3 is 18.9 Å². The van der Waals surface area contributed by atoms with Gasteiger partial charge in [-0.3, -0.25) is 4.98 Å². The molecule has 2 aromatic carbocycles. The van der Waals surface area contributed by atoms with Crippen molar-refractivity contribution in [2.75, 3.05) is 33.4 Å². The molecule has 1 aliphatic rings. The van der Waals surface area contributed by atoms with E-state index < -0.39 is 16.0 Å². The SMILES string of the molecule is COc1ccc(C(=O)OCc2ccc(OCc3ccccn3)cc2)cc1S(=O)(=O)N1CCOCC1. The fourth-order valence-electron chi connectivity index (χ4n) is 3.49. The molecule has 1 aliphatic heterocycles. The van der Waals surface area contributed by atoms with E-state index in [0.29, 0.717) is 25.6 Å². The third-order valence-electron chi connectivity index (χ3n) is 5.39. The number of morpholine rings is 1. The monoisotopic (exact) mass is 498 g/mol. The summed E-state index contributed by atoms with van der Waals surface area (Å²) in [6.45, 7) is 1.48. The molecule has 4 rings (SSSR count). The summed E-state index contributed by atoms with van der Waals surface area (Å²) in [5.41, 5.74) is 1.70. The molecule has 0 bridgehead atoms. The van der Waals surface area contributed by atoms with Gasteiger partial charge >= 0.3 is 5.97 Å². The lowest BCUT2D eigenvalue weighted by atomic mass is 10.2. The number of hydrogen-bond acceptors (Lipinski definition) is 8. The van der Waals surface area contributed by atoms with Crippen molar-refractivity contribution in [1.29, 1.82) is 0 Å². The van der Waals surface area contributed by atoms with Crippen molar-refractivity contribution >= 4 is 16.0 Å². The highest BCUT2D eigenvalue weighted by molar-refractivity contribution is 7.89. The van der Waals surface area contributed by atoms with Crippen LogP contribution in [0.15, 0.2) is 71.8 Å². The molecule has 9 nitrogen and oxygen atoms in total. The first-order valence-electron chi connectivity index (χ1n) is 11.0. The molecule has 0 saturated carbocycles. The molecule has 0 spiro atoms. The van der Waals surface area contributed by atoms with Crippen molar-refractivity contribution in [3.63, 3.8) is 0 Å². The van der Waals surface area contributed by atoms with E-state index >= 15 is 0 Å². The summed E-state index contributed by atoms with van der Waals surface area (Å²) < 4.78 is 49.2. The first-order chi connectivity index (χ1) is 17.0. The number of hydrogen-bond donors (Lipinski definition) is 0. The van der Waals surface area contributed by atoms with Gasteiger partial charge in [0.1, 0.15) is 29.6 Å². The predicted molar refractivity (Wildman–Crippen MR) is 127 cm³/mol. The Balaban J connectivity index is 1.39. The number of esters is 1. The molecule has 1 aromatic heterocycles. The average Bonchev–Trinajstić information content (AvgIpc) is 2.91. The van der Waals surface area contributed by atoms with Crippen molar-refractivity contribution in [2.45, 2.75) is 18.1 Å². The zero-order valence-corrected chi connectivity index (χ0v) is 20.1. The zero-order valence-electron chi connectivity index (χ0n) is 19.3. The van der Waals surface area contributed by atoms with E-state index in [1.807, 2.05) is 18.2 Å². The van der Waals surface area contributed by atoms with Gasteiger partial charge in [-0.2, -0.15) is 4.31 Å². The number of carbonyl (C=O) groups excluding carboxylic acids is 1. The smallest absolute Gasteiger partial charge is 0.338 e. The first-order valence-corrected chi connectivity index (χ1v) is 12.5. The van der Waals surface area contributed by atoms with Gasteiger partial charge in [0.2, 0.25) is 10.0 Å². The Morgan fingerprint density at radius 3 is 2.49 bits per heavy atom. The van der Waals surface area contributed by atoms with Crippen molar-refractivity contribution < 1.29 is 32.2 Å². The van der Waals surface area contributed by atoms with Crippen LogP contribution in [0.5, 0.6) is 11.5 Å². The fraction of sp³-hybridized carbons (Fsp3) is 0.280. The quantitative estimate of drug-likeness (QED) is 0.415. The van der Waals surface area contributed by atoms with Crippen LogP contribution in [0, 0.1) is 0 Å². The third kappa shape index (κ3) is 6.16. The molecule has 3 aromatic rings. The predicted octanol–water partition coefficient (Wildman–Crippen LogP) is 3.05. The van der Waals surface area contributed by atoms with E-state index in [0.717, 1.165) is 11.3 Å². The normalized spacial score (nSPS) is 14.3. The molecule has 35 heavy (non-hydrogen) atoms. The zero-order chi connectivity index (χ0) is 24.7. The number of pyridine rings is 1. The lowest BCUT2D eigenvalue weighted by molar-refractivity contribution is 0.0472. The Bertz CT molecular complexity index is 1240. The van der Waals surface area contributed by atoms with E-state index in [2.05, 4.69) is 4.98 Å². The summed E-state index contributed by atoms with van der Waals surface area (Å²) in [4.78, 5) is 16.8. The Kier molecular flexibility index (Phi) is 7.96. The van der Waals surface area contributed by atoms with E-state index in [4.69, 9.17) is 18.9 Å². The Labute approximate surface area is 204 Å². The number of benzene rings is 2. The maximum Gasteiger partial charge on any atom is 0.338 e. The maximum absolute atomic E-state index is 13.1. The Morgan fingerprint density at radius 2 is 1.80 bits per heavy atom.